The lowest BCUT2D eigenvalue weighted by Crippen LogP contribution is -2.20. The first-order valence-corrected chi connectivity index (χ1v) is 6.58. The summed E-state index contributed by atoms with van der Waals surface area (Å²) in [4.78, 5) is 0. The predicted octanol–water partition coefficient (Wildman–Crippen LogP) is 3.70. The average molecular weight is 286 g/mol. The number of halogens is 1. The van der Waals surface area contributed by atoms with Gasteiger partial charge in [0.05, 0.1) is 12.6 Å². The van der Waals surface area contributed by atoms with E-state index in [2.05, 4.69) is 59.7 Å². The summed E-state index contributed by atoms with van der Waals surface area (Å²) in [6, 6.07) is 6.20. The van der Waals surface area contributed by atoms with Crippen molar-refractivity contribution in [2.45, 2.75) is 58.4 Å². The summed E-state index contributed by atoms with van der Waals surface area (Å²) in [5, 5.41) is 9.25. The molecule has 0 bridgehead atoms. The first kappa shape index (κ1) is 18.4. The zero-order valence-electron chi connectivity index (χ0n) is 12.9. The van der Waals surface area contributed by atoms with Crippen molar-refractivity contribution in [3.63, 3.8) is 0 Å². The molecule has 0 aliphatic rings. The van der Waals surface area contributed by atoms with Gasteiger partial charge >= 0.3 is 0 Å². The lowest BCUT2D eigenvalue weighted by molar-refractivity contribution is 0.267. The van der Waals surface area contributed by atoms with Crippen molar-refractivity contribution in [2.24, 2.45) is 5.73 Å². The SMILES string of the molecule is CC(C)(C)c1cc(C(N)CO)cc(C(C)(C)C)c1.Cl. The van der Waals surface area contributed by atoms with Gasteiger partial charge in [-0.25, -0.2) is 0 Å². The first-order chi connectivity index (χ1) is 8.05. The molecule has 0 aliphatic heterocycles. The Hall–Kier alpha value is -0.570. The Morgan fingerprint density at radius 2 is 1.32 bits per heavy atom. The third-order valence-electron chi connectivity index (χ3n) is 3.31. The Morgan fingerprint density at radius 3 is 1.58 bits per heavy atom. The van der Waals surface area contributed by atoms with Crippen molar-refractivity contribution in [2.75, 3.05) is 6.61 Å². The molecule has 0 aliphatic carbocycles. The van der Waals surface area contributed by atoms with E-state index in [1.807, 2.05) is 0 Å². The van der Waals surface area contributed by atoms with E-state index >= 15 is 0 Å². The molecule has 0 saturated carbocycles. The molecule has 0 saturated heterocycles. The van der Waals surface area contributed by atoms with Gasteiger partial charge in [-0.15, -0.1) is 12.4 Å². The van der Waals surface area contributed by atoms with Crippen LogP contribution < -0.4 is 5.73 Å². The zero-order chi connectivity index (χ0) is 14.1. The zero-order valence-corrected chi connectivity index (χ0v) is 13.8. The second-order valence-electron chi connectivity index (χ2n) is 7.13. The lowest BCUT2D eigenvalue weighted by atomic mass is 9.79. The van der Waals surface area contributed by atoms with Crippen LogP contribution in [0.5, 0.6) is 0 Å². The molecule has 3 heteroatoms. The van der Waals surface area contributed by atoms with Crippen LogP contribution in [0.3, 0.4) is 0 Å². The quantitative estimate of drug-likeness (QED) is 0.870. The average Bonchev–Trinajstić information content (AvgIpc) is 2.25. The molecule has 1 aromatic carbocycles. The van der Waals surface area contributed by atoms with Gasteiger partial charge in [0.15, 0.2) is 0 Å². The van der Waals surface area contributed by atoms with Crippen LogP contribution in [-0.2, 0) is 10.8 Å². The number of hydrogen-bond acceptors (Lipinski definition) is 2. The molecule has 0 amide bonds. The molecule has 19 heavy (non-hydrogen) atoms. The van der Waals surface area contributed by atoms with Gasteiger partial charge in [-0.1, -0.05) is 59.7 Å². The third kappa shape index (κ3) is 4.79. The molecule has 110 valence electrons. The molecular weight excluding hydrogens is 258 g/mol. The van der Waals surface area contributed by atoms with Crippen molar-refractivity contribution < 1.29 is 5.11 Å². The molecule has 0 radical (unpaired) electrons. The molecule has 2 nitrogen and oxygen atoms in total. The van der Waals surface area contributed by atoms with Crippen molar-refractivity contribution in [3.05, 3.63) is 34.9 Å². The lowest BCUT2D eigenvalue weighted by Gasteiger charge is -2.27. The largest absolute Gasteiger partial charge is 0.394 e. The van der Waals surface area contributed by atoms with Crippen LogP contribution in [0.2, 0.25) is 0 Å². The van der Waals surface area contributed by atoms with Crippen LogP contribution in [-0.4, -0.2) is 11.7 Å². The van der Waals surface area contributed by atoms with E-state index in [1.165, 1.54) is 11.1 Å². The fraction of sp³-hybridized carbons (Fsp3) is 0.625. The molecule has 0 fully saturated rings. The third-order valence-corrected chi connectivity index (χ3v) is 3.31. The van der Waals surface area contributed by atoms with Gasteiger partial charge in [0.1, 0.15) is 0 Å². The molecule has 0 aromatic heterocycles. The Kier molecular flexibility index (Phi) is 6.07. The summed E-state index contributed by atoms with van der Waals surface area (Å²) >= 11 is 0. The number of hydrogen-bond donors (Lipinski definition) is 2. The number of aliphatic hydroxyl groups excluding tert-OH is 1. The second kappa shape index (κ2) is 6.25. The summed E-state index contributed by atoms with van der Waals surface area (Å²) in [7, 11) is 0. The van der Waals surface area contributed by atoms with E-state index in [0.717, 1.165) is 5.56 Å². The number of aliphatic hydroxyl groups is 1. The van der Waals surface area contributed by atoms with Crippen LogP contribution in [0.1, 0.15) is 64.3 Å². The van der Waals surface area contributed by atoms with Crippen molar-refractivity contribution in [1.29, 1.82) is 0 Å². The number of benzene rings is 1. The molecule has 1 rings (SSSR count). The predicted molar refractivity (Wildman–Crippen MR) is 85.1 cm³/mol. The Bertz CT molecular complexity index is 383. The maximum absolute atomic E-state index is 9.25. The maximum atomic E-state index is 9.25. The van der Waals surface area contributed by atoms with Gasteiger partial charge in [-0.2, -0.15) is 0 Å². The van der Waals surface area contributed by atoms with Gasteiger partial charge in [-0.05, 0) is 27.5 Å². The highest BCUT2D eigenvalue weighted by Gasteiger charge is 2.21. The Balaban J connectivity index is 0.00000324. The van der Waals surface area contributed by atoms with Crippen LogP contribution in [0, 0.1) is 0 Å². The monoisotopic (exact) mass is 285 g/mol. The molecule has 1 aromatic rings. The summed E-state index contributed by atoms with van der Waals surface area (Å²) in [6.45, 7) is 13.2. The van der Waals surface area contributed by atoms with Gasteiger partial charge < -0.3 is 10.8 Å². The maximum Gasteiger partial charge on any atom is 0.0624 e. The topological polar surface area (TPSA) is 46.2 Å². The minimum Gasteiger partial charge on any atom is -0.394 e. The minimum absolute atomic E-state index is 0. The fourth-order valence-electron chi connectivity index (χ4n) is 1.84. The highest BCUT2D eigenvalue weighted by Crippen LogP contribution is 2.31. The molecular formula is C16H28ClNO. The van der Waals surface area contributed by atoms with E-state index in [1.54, 1.807) is 0 Å². The van der Waals surface area contributed by atoms with E-state index in [4.69, 9.17) is 5.73 Å². The van der Waals surface area contributed by atoms with E-state index in [-0.39, 0.29) is 35.9 Å². The highest BCUT2D eigenvalue weighted by molar-refractivity contribution is 5.85. The van der Waals surface area contributed by atoms with Gasteiger partial charge in [0.25, 0.3) is 0 Å². The second-order valence-corrected chi connectivity index (χ2v) is 7.13. The molecule has 0 heterocycles. The first-order valence-electron chi connectivity index (χ1n) is 6.58. The van der Waals surface area contributed by atoms with Gasteiger partial charge in [-0.3, -0.25) is 0 Å². The summed E-state index contributed by atoms with van der Waals surface area (Å²) < 4.78 is 0. The van der Waals surface area contributed by atoms with Crippen LogP contribution in [0.15, 0.2) is 18.2 Å². The van der Waals surface area contributed by atoms with Crippen LogP contribution in [0.4, 0.5) is 0 Å². The number of rotatable bonds is 2. The molecule has 0 spiro atoms. The fourth-order valence-corrected chi connectivity index (χ4v) is 1.84. The highest BCUT2D eigenvalue weighted by atomic mass is 35.5. The van der Waals surface area contributed by atoms with E-state index < -0.39 is 0 Å². The summed E-state index contributed by atoms with van der Waals surface area (Å²) in [5.74, 6) is 0. The molecule has 1 atom stereocenters. The standard InChI is InChI=1S/C16H27NO.ClH/c1-15(2,3)12-7-11(14(17)10-18)8-13(9-12)16(4,5)6;/h7-9,14,18H,10,17H2,1-6H3;1H. The van der Waals surface area contributed by atoms with E-state index in [9.17, 15) is 5.11 Å². The van der Waals surface area contributed by atoms with Gasteiger partial charge in [0, 0.05) is 0 Å². The van der Waals surface area contributed by atoms with Crippen molar-refractivity contribution in [3.8, 4) is 0 Å². The normalized spacial score (nSPS) is 13.9. The van der Waals surface area contributed by atoms with Gasteiger partial charge in [0.2, 0.25) is 0 Å². The summed E-state index contributed by atoms with van der Waals surface area (Å²) in [6.07, 6.45) is 0. The molecule has 1 unspecified atom stereocenters. The Morgan fingerprint density at radius 1 is 0.947 bits per heavy atom. The van der Waals surface area contributed by atoms with Crippen molar-refractivity contribution >= 4 is 12.4 Å². The van der Waals surface area contributed by atoms with Crippen molar-refractivity contribution in [1.82, 2.24) is 0 Å². The minimum atomic E-state index is -0.298. The smallest absolute Gasteiger partial charge is 0.0624 e. The Labute approximate surface area is 123 Å². The number of nitrogens with two attached hydrogens (primary N) is 1. The van der Waals surface area contributed by atoms with Crippen LogP contribution in [0.25, 0.3) is 0 Å². The van der Waals surface area contributed by atoms with Crippen LogP contribution >= 0.6 is 12.4 Å². The molecule has 3 N–H and O–H groups in total. The summed E-state index contributed by atoms with van der Waals surface area (Å²) in [5.41, 5.74) is 9.71. The van der Waals surface area contributed by atoms with E-state index in [0.29, 0.717) is 0 Å².